The van der Waals surface area contributed by atoms with Gasteiger partial charge in [-0.15, -0.1) is 0 Å². The van der Waals surface area contributed by atoms with Crippen molar-refractivity contribution >= 4 is 35.0 Å². The predicted molar refractivity (Wildman–Crippen MR) is 134 cm³/mol. The zero-order valence-corrected chi connectivity index (χ0v) is 20.3. The summed E-state index contributed by atoms with van der Waals surface area (Å²) in [5.74, 6) is -0.687. The van der Waals surface area contributed by atoms with Crippen molar-refractivity contribution in [3.05, 3.63) is 94.1 Å². The first-order valence-corrected chi connectivity index (χ1v) is 11.8. The Morgan fingerprint density at radius 3 is 2.53 bits per heavy atom. The molecule has 1 aliphatic rings. The van der Waals surface area contributed by atoms with Crippen LogP contribution in [0.1, 0.15) is 21.5 Å². The van der Waals surface area contributed by atoms with Crippen LogP contribution in [0, 0.1) is 12.7 Å². The van der Waals surface area contributed by atoms with Crippen molar-refractivity contribution in [2.75, 3.05) is 20.3 Å². The van der Waals surface area contributed by atoms with Gasteiger partial charge >= 0.3 is 5.97 Å². The van der Waals surface area contributed by atoms with Crippen molar-refractivity contribution in [2.45, 2.75) is 6.92 Å². The van der Waals surface area contributed by atoms with E-state index in [4.69, 9.17) is 14.2 Å². The highest BCUT2D eigenvalue weighted by molar-refractivity contribution is 8.18. The average molecular weight is 508 g/mol. The van der Waals surface area contributed by atoms with Crippen molar-refractivity contribution < 1.29 is 33.0 Å². The van der Waals surface area contributed by atoms with Gasteiger partial charge < -0.3 is 14.2 Å². The van der Waals surface area contributed by atoms with Gasteiger partial charge in [-0.2, -0.15) is 0 Å². The van der Waals surface area contributed by atoms with Crippen molar-refractivity contribution in [3.63, 3.8) is 0 Å². The molecule has 1 fully saturated rings. The zero-order chi connectivity index (χ0) is 25.7. The molecule has 184 valence electrons. The summed E-state index contributed by atoms with van der Waals surface area (Å²) < 4.78 is 29.7. The number of aryl methyl sites for hydroxylation is 1. The summed E-state index contributed by atoms with van der Waals surface area (Å²) in [7, 11) is 1.40. The standard InChI is InChI=1S/C27H22FNO6S/c1-17-6-9-21(10-7-17)34-13-12-29-25(30)24(36-27(29)32)15-18-8-11-22(23(14-18)33-2)35-26(31)19-4-3-5-20(28)16-19/h3-11,14-16H,12-13H2,1-2H3/b24-15-. The lowest BCUT2D eigenvalue weighted by molar-refractivity contribution is -0.123. The second-order valence-corrected chi connectivity index (χ2v) is 8.80. The van der Waals surface area contributed by atoms with Gasteiger partial charge in [0.2, 0.25) is 0 Å². The molecule has 9 heteroatoms. The van der Waals surface area contributed by atoms with E-state index in [0.717, 1.165) is 28.3 Å². The Hall–Kier alpha value is -4.11. The summed E-state index contributed by atoms with van der Waals surface area (Å²) in [6, 6.07) is 17.3. The van der Waals surface area contributed by atoms with E-state index in [1.807, 2.05) is 31.2 Å². The number of carbonyl (C=O) groups is 3. The van der Waals surface area contributed by atoms with Crippen molar-refractivity contribution in [1.82, 2.24) is 4.90 Å². The lowest BCUT2D eigenvalue weighted by Gasteiger charge is -2.13. The smallest absolute Gasteiger partial charge is 0.343 e. The highest BCUT2D eigenvalue weighted by Crippen LogP contribution is 2.34. The molecule has 3 aromatic carbocycles. The van der Waals surface area contributed by atoms with Crippen LogP contribution in [-0.2, 0) is 4.79 Å². The Labute approximate surface area is 211 Å². The number of methoxy groups -OCH3 is 1. The van der Waals surface area contributed by atoms with E-state index in [0.29, 0.717) is 11.3 Å². The fourth-order valence-electron chi connectivity index (χ4n) is 3.37. The van der Waals surface area contributed by atoms with Crippen LogP contribution in [0.2, 0.25) is 0 Å². The number of hydrogen-bond acceptors (Lipinski definition) is 7. The van der Waals surface area contributed by atoms with Gasteiger partial charge in [-0.1, -0.05) is 29.8 Å². The zero-order valence-electron chi connectivity index (χ0n) is 19.5. The normalized spacial score (nSPS) is 14.3. The summed E-state index contributed by atoms with van der Waals surface area (Å²) >= 11 is 0.833. The number of esters is 1. The number of hydrogen-bond donors (Lipinski definition) is 0. The molecule has 0 spiro atoms. The minimum atomic E-state index is -0.741. The minimum Gasteiger partial charge on any atom is -0.493 e. The maximum absolute atomic E-state index is 13.4. The van der Waals surface area contributed by atoms with Gasteiger partial charge in [0, 0.05) is 0 Å². The first-order valence-electron chi connectivity index (χ1n) is 10.9. The summed E-state index contributed by atoms with van der Waals surface area (Å²) in [5.41, 5.74) is 1.73. The molecule has 0 unspecified atom stereocenters. The topological polar surface area (TPSA) is 82.1 Å². The van der Waals surface area contributed by atoms with E-state index in [-0.39, 0.29) is 40.4 Å². The van der Waals surface area contributed by atoms with Gasteiger partial charge in [0.25, 0.3) is 11.1 Å². The molecule has 1 saturated heterocycles. The fraction of sp³-hybridized carbons (Fsp3) is 0.148. The van der Waals surface area contributed by atoms with E-state index in [1.54, 1.807) is 18.2 Å². The molecule has 2 amide bonds. The Morgan fingerprint density at radius 1 is 1.03 bits per heavy atom. The Kier molecular flexibility index (Phi) is 7.70. The van der Waals surface area contributed by atoms with Crippen LogP contribution >= 0.6 is 11.8 Å². The molecule has 7 nitrogen and oxygen atoms in total. The number of halogens is 1. The first kappa shape index (κ1) is 25.0. The molecule has 3 aromatic rings. The van der Waals surface area contributed by atoms with Gasteiger partial charge in [-0.25, -0.2) is 9.18 Å². The third kappa shape index (κ3) is 5.92. The number of ether oxygens (including phenoxy) is 3. The molecular weight excluding hydrogens is 485 g/mol. The molecule has 0 bridgehead atoms. The summed E-state index contributed by atoms with van der Waals surface area (Å²) in [5, 5.41) is -0.383. The molecule has 0 radical (unpaired) electrons. The van der Waals surface area contributed by atoms with Crippen molar-refractivity contribution in [3.8, 4) is 17.2 Å². The molecule has 0 saturated carbocycles. The highest BCUT2D eigenvalue weighted by Gasteiger charge is 2.34. The fourth-order valence-corrected chi connectivity index (χ4v) is 4.23. The van der Waals surface area contributed by atoms with Crippen molar-refractivity contribution in [2.24, 2.45) is 0 Å². The van der Waals surface area contributed by atoms with Crippen molar-refractivity contribution in [1.29, 1.82) is 0 Å². The SMILES string of the molecule is COc1cc(/C=C2\SC(=O)N(CCOc3ccc(C)cc3)C2=O)ccc1OC(=O)c1cccc(F)c1. The Balaban J connectivity index is 1.42. The minimum absolute atomic E-state index is 0.0566. The predicted octanol–water partition coefficient (Wildman–Crippen LogP) is 5.48. The molecule has 0 N–H and O–H groups in total. The number of thioether (sulfide) groups is 1. The molecule has 36 heavy (non-hydrogen) atoms. The second-order valence-electron chi connectivity index (χ2n) is 7.81. The summed E-state index contributed by atoms with van der Waals surface area (Å²) in [4.78, 5) is 38.9. The maximum Gasteiger partial charge on any atom is 0.343 e. The third-order valence-electron chi connectivity index (χ3n) is 5.23. The molecule has 0 aromatic heterocycles. The van der Waals surface area contributed by atoms with E-state index >= 15 is 0 Å². The lowest BCUT2D eigenvalue weighted by atomic mass is 10.1. The number of carbonyl (C=O) groups excluding carboxylic acids is 3. The molecule has 1 heterocycles. The number of imide groups is 1. The van der Waals surface area contributed by atoms with Crippen LogP contribution in [-0.4, -0.2) is 42.3 Å². The largest absolute Gasteiger partial charge is 0.493 e. The highest BCUT2D eigenvalue weighted by atomic mass is 32.2. The van der Waals surface area contributed by atoms with E-state index < -0.39 is 17.7 Å². The first-order chi connectivity index (χ1) is 17.3. The van der Waals surface area contributed by atoms with Crippen LogP contribution in [0.25, 0.3) is 6.08 Å². The van der Waals surface area contributed by atoms with Gasteiger partial charge in [0.15, 0.2) is 11.5 Å². The Bertz CT molecular complexity index is 1340. The number of benzene rings is 3. The van der Waals surface area contributed by atoms with E-state index in [2.05, 4.69) is 0 Å². The summed E-state index contributed by atoms with van der Waals surface area (Å²) in [6.07, 6.45) is 1.56. The third-order valence-corrected chi connectivity index (χ3v) is 6.13. The number of amides is 2. The van der Waals surface area contributed by atoms with Crippen LogP contribution < -0.4 is 14.2 Å². The maximum atomic E-state index is 13.4. The summed E-state index contributed by atoms with van der Waals surface area (Å²) in [6.45, 7) is 2.26. The number of nitrogens with zero attached hydrogens (tertiary/aromatic N) is 1. The molecule has 0 aliphatic carbocycles. The molecule has 4 rings (SSSR count). The molecule has 1 aliphatic heterocycles. The van der Waals surface area contributed by atoms with Gasteiger partial charge in [0.1, 0.15) is 18.2 Å². The Morgan fingerprint density at radius 2 is 1.81 bits per heavy atom. The second kappa shape index (κ2) is 11.1. The van der Waals surface area contributed by atoms with Crippen LogP contribution in [0.15, 0.2) is 71.6 Å². The van der Waals surface area contributed by atoms with Gasteiger partial charge in [-0.3, -0.25) is 14.5 Å². The van der Waals surface area contributed by atoms with Crippen LogP contribution in [0.5, 0.6) is 17.2 Å². The monoisotopic (exact) mass is 507 g/mol. The molecular formula is C27H22FNO6S. The molecule has 0 atom stereocenters. The van der Waals surface area contributed by atoms with Gasteiger partial charge in [-0.05, 0) is 72.8 Å². The lowest BCUT2D eigenvalue weighted by Crippen LogP contribution is -2.32. The average Bonchev–Trinajstić information content (AvgIpc) is 3.13. The quantitative estimate of drug-likeness (QED) is 0.227. The van der Waals surface area contributed by atoms with Gasteiger partial charge in [0.05, 0.1) is 24.1 Å². The van der Waals surface area contributed by atoms with Crippen LogP contribution in [0.4, 0.5) is 9.18 Å². The van der Waals surface area contributed by atoms with Crippen LogP contribution in [0.3, 0.4) is 0 Å². The number of rotatable bonds is 8. The van der Waals surface area contributed by atoms with E-state index in [9.17, 15) is 18.8 Å². The van der Waals surface area contributed by atoms with E-state index in [1.165, 1.54) is 31.4 Å².